The Bertz CT molecular complexity index is 1310. The summed E-state index contributed by atoms with van der Waals surface area (Å²) in [6, 6.07) is 28.0. The van der Waals surface area contributed by atoms with Crippen LogP contribution in [0.25, 0.3) is 22.3 Å². The molecule has 180 valence electrons. The summed E-state index contributed by atoms with van der Waals surface area (Å²) in [6.07, 6.45) is 4.38. The van der Waals surface area contributed by atoms with Gasteiger partial charge in [0.1, 0.15) is 0 Å². The smallest absolute Gasteiger partial charge is 0.0762 e. The second kappa shape index (κ2) is 9.79. The van der Waals surface area contributed by atoms with Gasteiger partial charge >= 0.3 is 0 Å². The van der Waals surface area contributed by atoms with Gasteiger partial charge in [0.25, 0.3) is 0 Å². The molecule has 0 amide bonds. The molecule has 0 aliphatic heterocycles. The van der Waals surface area contributed by atoms with Gasteiger partial charge in [-0.25, -0.2) is 0 Å². The first-order valence-corrected chi connectivity index (χ1v) is 12.5. The Hall–Kier alpha value is -3.23. The minimum absolute atomic E-state index is 0.0640. The van der Waals surface area contributed by atoms with Crippen LogP contribution >= 0.6 is 0 Å². The third-order valence-electron chi connectivity index (χ3n) is 6.85. The standard InChI is InChI=1S/C33H37NO/c1-23(35)25-10-7-11-26(17-25)27-12-9-15-31(19-27)33(5,6)20-24-16-29(22-34-21-24)28-13-8-14-30(18-28)32(2,3)4/h7-19,21-23,35H,20H2,1-6H3. The highest BCUT2D eigenvalue weighted by molar-refractivity contribution is 5.66. The SMILES string of the molecule is CC(O)c1cccc(-c2cccc(C(C)(C)Cc3cncc(-c4cccc(C(C)(C)C)c4)c3)c2)c1. The van der Waals surface area contributed by atoms with E-state index >= 15 is 0 Å². The van der Waals surface area contributed by atoms with E-state index in [1.54, 1.807) is 6.92 Å². The highest BCUT2D eigenvalue weighted by atomic mass is 16.3. The minimum atomic E-state index is -0.474. The lowest BCUT2D eigenvalue weighted by atomic mass is 9.78. The monoisotopic (exact) mass is 463 g/mol. The summed E-state index contributed by atoms with van der Waals surface area (Å²) in [5.74, 6) is 0. The molecular weight excluding hydrogens is 426 g/mol. The van der Waals surface area contributed by atoms with Crippen molar-refractivity contribution < 1.29 is 5.11 Å². The summed E-state index contributed by atoms with van der Waals surface area (Å²) in [6.45, 7) is 13.1. The second-order valence-electron chi connectivity index (χ2n) is 11.4. The van der Waals surface area contributed by atoms with Crippen molar-refractivity contribution in [3.8, 4) is 22.3 Å². The van der Waals surface area contributed by atoms with Gasteiger partial charge in [0.05, 0.1) is 6.10 Å². The summed E-state index contributed by atoms with van der Waals surface area (Å²) < 4.78 is 0. The van der Waals surface area contributed by atoms with Crippen molar-refractivity contribution >= 4 is 0 Å². The molecule has 0 spiro atoms. The first kappa shape index (κ1) is 24.9. The summed E-state index contributed by atoms with van der Waals surface area (Å²) in [7, 11) is 0. The Kier molecular flexibility index (Phi) is 6.96. The van der Waals surface area contributed by atoms with Gasteiger partial charge in [0.15, 0.2) is 0 Å². The molecule has 0 aliphatic carbocycles. The zero-order chi connectivity index (χ0) is 25.2. The molecule has 4 aromatic rings. The lowest BCUT2D eigenvalue weighted by molar-refractivity contribution is 0.199. The molecule has 35 heavy (non-hydrogen) atoms. The largest absolute Gasteiger partial charge is 0.389 e. The van der Waals surface area contributed by atoms with Gasteiger partial charge < -0.3 is 5.11 Å². The van der Waals surface area contributed by atoms with E-state index in [1.165, 1.54) is 27.8 Å². The van der Waals surface area contributed by atoms with Crippen LogP contribution in [0, 0.1) is 0 Å². The number of hydrogen-bond donors (Lipinski definition) is 1. The van der Waals surface area contributed by atoms with E-state index in [9.17, 15) is 5.11 Å². The average molecular weight is 464 g/mol. The lowest BCUT2D eigenvalue weighted by Crippen LogP contribution is -2.20. The summed E-state index contributed by atoms with van der Waals surface area (Å²) >= 11 is 0. The van der Waals surface area contributed by atoms with E-state index in [0.29, 0.717) is 0 Å². The predicted octanol–water partition coefficient (Wildman–Crippen LogP) is 8.29. The molecular formula is C33H37NO. The lowest BCUT2D eigenvalue weighted by Gasteiger charge is -2.26. The topological polar surface area (TPSA) is 33.1 Å². The molecule has 0 saturated heterocycles. The molecule has 1 N–H and O–H groups in total. The van der Waals surface area contributed by atoms with Crippen molar-refractivity contribution in [2.75, 3.05) is 0 Å². The fraction of sp³-hybridized carbons (Fsp3) is 0.303. The summed E-state index contributed by atoms with van der Waals surface area (Å²) in [5, 5.41) is 10.00. The van der Waals surface area contributed by atoms with Crippen molar-refractivity contribution in [3.63, 3.8) is 0 Å². The Labute approximate surface area is 210 Å². The van der Waals surface area contributed by atoms with Crippen molar-refractivity contribution in [1.29, 1.82) is 0 Å². The van der Waals surface area contributed by atoms with Crippen LogP contribution in [0.1, 0.15) is 69.9 Å². The first-order chi connectivity index (χ1) is 16.5. The molecule has 3 aromatic carbocycles. The van der Waals surface area contributed by atoms with Crippen LogP contribution in [0.2, 0.25) is 0 Å². The Balaban J connectivity index is 1.61. The maximum absolute atomic E-state index is 10.00. The zero-order valence-electron chi connectivity index (χ0n) is 21.8. The molecule has 0 radical (unpaired) electrons. The van der Waals surface area contributed by atoms with Crippen molar-refractivity contribution in [2.45, 2.75) is 64.9 Å². The fourth-order valence-corrected chi connectivity index (χ4v) is 4.62. The third-order valence-corrected chi connectivity index (χ3v) is 6.85. The van der Waals surface area contributed by atoms with Crippen molar-refractivity contribution in [1.82, 2.24) is 4.98 Å². The highest BCUT2D eigenvalue weighted by Crippen LogP contribution is 2.33. The second-order valence-corrected chi connectivity index (χ2v) is 11.4. The van der Waals surface area contributed by atoms with Crippen LogP contribution in [0.15, 0.2) is 91.3 Å². The molecule has 1 atom stereocenters. The van der Waals surface area contributed by atoms with Gasteiger partial charge in [-0.15, -0.1) is 0 Å². The number of pyridine rings is 1. The third kappa shape index (κ3) is 5.89. The fourth-order valence-electron chi connectivity index (χ4n) is 4.62. The number of hydrogen-bond acceptors (Lipinski definition) is 2. The normalized spacial score (nSPS) is 13.0. The Morgan fingerprint density at radius 3 is 1.91 bits per heavy atom. The van der Waals surface area contributed by atoms with Crippen molar-refractivity contribution in [3.05, 3.63) is 114 Å². The van der Waals surface area contributed by atoms with Crippen LogP contribution in [0.4, 0.5) is 0 Å². The first-order valence-electron chi connectivity index (χ1n) is 12.5. The number of aliphatic hydroxyl groups excluding tert-OH is 1. The van der Waals surface area contributed by atoms with E-state index in [4.69, 9.17) is 0 Å². The molecule has 0 aliphatic rings. The molecule has 4 rings (SSSR count). The van der Waals surface area contributed by atoms with E-state index in [2.05, 4.69) is 106 Å². The van der Waals surface area contributed by atoms with Crippen LogP contribution in [0.5, 0.6) is 0 Å². The molecule has 1 unspecified atom stereocenters. The van der Waals surface area contributed by atoms with E-state index in [0.717, 1.165) is 23.1 Å². The van der Waals surface area contributed by atoms with Gasteiger partial charge in [-0.2, -0.15) is 0 Å². The summed E-state index contributed by atoms with van der Waals surface area (Å²) in [4.78, 5) is 4.60. The molecule has 1 aromatic heterocycles. The number of rotatable bonds is 6. The molecule has 0 bridgehead atoms. The van der Waals surface area contributed by atoms with E-state index in [1.807, 2.05) is 24.5 Å². The Morgan fingerprint density at radius 2 is 1.26 bits per heavy atom. The predicted molar refractivity (Wildman–Crippen MR) is 148 cm³/mol. The zero-order valence-corrected chi connectivity index (χ0v) is 21.8. The van der Waals surface area contributed by atoms with E-state index in [-0.39, 0.29) is 10.8 Å². The maximum atomic E-state index is 10.00. The van der Waals surface area contributed by atoms with Crippen molar-refractivity contribution in [2.24, 2.45) is 0 Å². The van der Waals surface area contributed by atoms with Gasteiger partial charge in [0, 0.05) is 18.0 Å². The number of benzene rings is 3. The molecule has 2 nitrogen and oxygen atoms in total. The molecule has 2 heteroatoms. The van der Waals surface area contributed by atoms with Crippen LogP contribution in [-0.4, -0.2) is 10.1 Å². The van der Waals surface area contributed by atoms with Gasteiger partial charge in [0.2, 0.25) is 0 Å². The minimum Gasteiger partial charge on any atom is -0.389 e. The summed E-state index contributed by atoms with van der Waals surface area (Å²) in [5.41, 5.74) is 9.51. The van der Waals surface area contributed by atoms with Crippen LogP contribution in [0.3, 0.4) is 0 Å². The van der Waals surface area contributed by atoms with Gasteiger partial charge in [-0.1, -0.05) is 101 Å². The molecule has 0 fully saturated rings. The van der Waals surface area contributed by atoms with Gasteiger partial charge in [-0.05, 0) is 75.3 Å². The van der Waals surface area contributed by atoms with Gasteiger partial charge in [-0.3, -0.25) is 4.98 Å². The maximum Gasteiger partial charge on any atom is 0.0762 e. The number of aliphatic hydroxyl groups is 1. The van der Waals surface area contributed by atoms with Crippen LogP contribution in [-0.2, 0) is 17.3 Å². The highest BCUT2D eigenvalue weighted by Gasteiger charge is 2.22. The quantitative estimate of drug-likeness (QED) is 0.312. The molecule has 1 heterocycles. The Morgan fingerprint density at radius 1 is 0.686 bits per heavy atom. The molecule has 0 saturated carbocycles. The van der Waals surface area contributed by atoms with E-state index < -0.39 is 6.10 Å². The number of aromatic nitrogens is 1. The number of nitrogens with zero attached hydrogens (tertiary/aromatic N) is 1. The van der Waals surface area contributed by atoms with Crippen LogP contribution < -0.4 is 0 Å². The average Bonchev–Trinajstić information content (AvgIpc) is 2.84.